The third-order valence-corrected chi connectivity index (χ3v) is 2.20. The van der Waals surface area contributed by atoms with E-state index in [1.54, 1.807) is 0 Å². The summed E-state index contributed by atoms with van der Waals surface area (Å²) in [6.07, 6.45) is 0. The number of rotatable bonds is 0. The molecule has 0 radical (unpaired) electrons. The van der Waals surface area contributed by atoms with Gasteiger partial charge in [-0.25, -0.2) is 4.98 Å². The van der Waals surface area contributed by atoms with Gasteiger partial charge in [0.05, 0.1) is 0 Å². The lowest BCUT2D eigenvalue weighted by atomic mass is 10.2. The van der Waals surface area contributed by atoms with Crippen molar-refractivity contribution >= 4 is 18.0 Å². The van der Waals surface area contributed by atoms with E-state index < -0.39 is 0 Å². The first-order valence-corrected chi connectivity index (χ1v) is 4.14. The molecule has 1 aliphatic rings. The Morgan fingerprint density at radius 2 is 2.33 bits per heavy atom. The molecule has 2 rings (SSSR count). The summed E-state index contributed by atoms with van der Waals surface area (Å²) in [6.45, 7) is 1.74. The quantitative estimate of drug-likeness (QED) is 0.579. The molecule has 1 aromatic rings. The first kappa shape index (κ1) is 7.70. The highest BCUT2D eigenvalue weighted by Gasteiger charge is 2.18. The minimum atomic E-state index is 0.474. The van der Waals surface area contributed by atoms with Crippen LogP contribution < -0.4 is 5.73 Å². The van der Waals surface area contributed by atoms with Gasteiger partial charge in [-0.15, -0.1) is 0 Å². The predicted octanol–water partition coefficient (Wildman–Crippen LogP) is 0.667. The molecule has 0 unspecified atom stereocenters. The van der Waals surface area contributed by atoms with Crippen LogP contribution >= 0.6 is 12.2 Å². The van der Waals surface area contributed by atoms with Crippen LogP contribution in [-0.4, -0.2) is 21.9 Å². The van der Waals surface area contributed by atoms with Crippen LogP contribution in [0.4, 0.5) is 5.82 Å². The number of nitrogens with one attached hydrogen (secondary N) is 1. The SMILES string of the molecule is CN1Cc2[nH]c(=S)nc(N)c2C1. The van der Waals surface area contributed by atoms with Crippen LogP contribution in [0, 0.1) is 4.77 Å². The van der Waals surface area contributed by atoms with Gasteiger partial charge in [0, 0.05) is 24.3 Å². The summed E-state index contributed by atoms with van der Waals surface area (Å²) in [7, 11) is 2.04. The maximum atomic E-state index is 5.71. The summed E-state index contributed by atoms with van der Waals surface area (Å²) in [4.78, 5) is 9.19. The van der Waals surface area contributed by atoms with Gasteiger partial charge in [-0.05, 0) is 19.3 Å². The van der Waals surface area contributed by atoms with Crippen LogP contribution in [0.1, 0.15) is 11.3 Å². The first-order valence-electron chi connectivity index (χ1n) is 3.73. The Kier molecular flexibility index (Phi) is 1.62. The summed E-state index contributed by atoms with van der Waals surface area (Å²) >= 11 is 4.91. The molecule has 0 aromatic carbocycles. The lowest BCUT2D eigenvalue weighted by molar-refractivity contribution is 0.351. The average Bonchev–Trinajstić information content (AvgIpc) is 2.29. The Bertz CT molecular complexity index is 370. The van der Waals surface area contributed by atoms with Crippen molar-refractivity contribution in [2.45, 2.75) is 13.1 Å². The fraction of sp³-hybridized carbons (Fsp3) is 0.429. The van der Waals surface area contributed by atoms with Crippen molar-refractivity contribution in [1.82, 2.24) is 14.9 Å². The molecule has 5 heteroatoms. The normalized spacial score (nSPS) is 16.4. The van der Waals surface area contributed by atoms with E-state index in [1.165, 1.54) is 0 Å². The van der Waals surface area contributed by atoms with E-state index in [-0.39, 0.29) is 0 Å². The van der Waals surface area contributed by atoms with E-state index in [0.717, 1.165) is 24.3 Å². The Morgan fingerprint density at radius 3 is 3.08 bits per heavy atom. The number of nitrogens with zero attached hydrogens (tertiary/aromatic N) is 2. The van der Waals surface area contributed by atoms with Crippen LogP contribution in [-0.2, 0) is 13.1 Å². The lowest BCUT2D eigenvalue weighted by Gasteiger charge is -2.02. The number of hydrogen-bond acceptors (Lipinski definition) is 4. The van der Waals surface area contributed by atoms with Gasteiger partial charge in [0.25, 0.3) is 0 Å². The molecule has 0 saturated heterocycles. The number of nitrogen functional groups attached to an aromatic ring is 1. The Labute approximate surface area is 75.4 Å². The van der Waals surface area contributed by atoms with Crippen molar-refractivity contribution in [3.05, 3.63) is 16.0 Å². The van der Waals surface area contributed by atoms with Gasteiger partial charge in [0.15, 0.2) is 4.77 Å². The maximum Gasteiger partial charge on any atom is 0.199 e. The largest absolute Gasteiger partial charge is 0.383 e. The molecule has 0 atom stereocenters. The molecule has 0 saturated carbocycles. The van der Waals surface area contributed by atoms with Crippen molar-refractivity contribution in [3.63, 3.8) is 0 Å². The zero-order chi connectivity index (χ0) is 8.72. The fourth-order valence-electron chi connectivity index (χ4n) is 1.47. The van der Waals surface area contributed by atoms with Gasteiger partial charge in [-0.2, -0.15) is 0 Å². The molecule has 2 heterocycles. The highest BCUT2D eigenvalue weighted by molar-refractivity contribution is 7.71. The summed E-state index contributed by atoms with van der Waals surface area (Å²) in [5.74, 6) is 0.568. The Morgan fingerprint density at radius 1 is 1.58 bits per heavy atom. The lowest BCUT2D eigenvalue weighted by Crippen LogP contribution is -2.08. The van der Waals surface area contributed by atoms with Crippen LogP contribution in [0.2, 0.25) is 0 Å². The van der Waals surface area contributed by atoms with Gasteiger partial charge in [-0.1, -0.05) is 0 Å². The van der Waals surface area contributed by atoms with E-state index in [1.807, 2.05) is 7.05 Å². The molecule has 0 spiro atoms. The summed E-state index contributed by atoms with van der Waals surface area (Å²) < 4.78 is 0.474. The number of nitrogens with two attached hydrogens (primary N) is 1. The van der Waals surface area contributed by atoms with E-state index in [2.05, 4.69) is 14.9 Å². The number of anilines is 1. The van der Waals surface area contributed by atoms with Crippen LogP contribution in [0.25, 0.3) is 0 Å². The minimum absolute atomic E-state index is 0.474. The van der Waals surface area contributed by atoms with Gasteiger partial charge in [0.2, 0.25) is 0 Å². The zero-order valence-corrected chi connectivity index (χ0v) is 7.61. The maximum absolute atomic E-state index is 5.71. The summed E-state index contributed by atoms with van der Waals surface area (Å²) in [5.41, 5.74) is 7.91. The first-order chi connectivity index (χ1) is 5.66. The van der Waals surface area contributed by atoms with Crippen molar-refractivity contribution in [3.8, 4) is 0 Å². The second-order valence-electron chi connectivity index (χ2n) is 3.06. The third kappa shape index (κ3) is 1.11. The fourth-order valence-corrected chi connectivity index (χ4v) is 1.69. The number of hydrogen-bond donors (Lipinski definition) is 2. The molecule has 12 heavy (non-hydrogen) atoms. The summed E-state index contributed by atoms with van der Waals surface area (Å²) in [6, 6.07) is 0. The van der Waals surface area contributed by atoms with E-state index >= 15 is 0 Å². The highest BCUT2D eigenvalue weighted by atomic mass is 32.1. The van der Waals surface area contributed by atoms with Crippen molar-refractivity contribution in [2.75, 3.05) is 12.8 Å². The minimum Gasteiger partial charge on any atom is -0.383 e. The molecule has 0 amide bonds. The molecule has 64 valence electrons. The average molecular weight is 182 g/mol. The second-order valence-corrected chi connectivity index (χ2v) is 3.44. The predicted molar refractivity (Wildman–Crippen MR) is 49.0 cm³/mol. The van der Waals surface area contributed by atoms with Crippen LogP contribution in [0.15, 0.2) is 0 Å². The molecule has 0 bridgehead atoms. The monoisotopic (exact) mass is 182 g/mol. The highest BCUT2D eigenvalue weighted by Crippen LogP contribution is 2.22. The Hall–Kier alpha value is -0.940. The van der Waals surface area contributed by atoms with Crippen molar-refractivity contribution in [2.24, 2.45) is 0 Å². The van der Waals surface area contributed by atoms with Crippen LogP contribution in [0.5, 0.6) is 0 Å². The number of aromatic nitrogens is 2. The van der Waals surface area contributed by atoms with Gasteiger partial charge < -0.3 is 10.7 Å². The van der Waals surface area contributed by atoms with Crippen molar-refractivity contribution < 1.29 is 0 Å². The van der Waals surface area contributed by atoms with Gasteiger partial charge in [-0.3, -0.25) is 4.90 Å². The topological polar surface area (TPSA) is 57.9 Å². The van der Waals surface area contributed by atoms with Crippen molar-refractivity contribution in [1.29, 1.82) is 0 Å². The molecule has 1 aromatic heterocycles. The molecule has 0 aliphatic carbocycles. The third-order valence-electron chi connectivity index (χ3n) is 2.01. The zero-order valence-electron chi connectivity index (χ0n) is 6.79. The van der Waals surface area contributed by atoms with Gasteiger partial charge >= 0.3 is 0 Å². The molecule has 0 fully saturated rings. The van der Waals surface area contributed by atoms with Gasteiger partial charge in [0.1, 0.15) is 5.82 Å². The number of aromatic amines is 1. The molecule has 3 N–H and O–H groups in total. The summed E-state index contributed by atoms with van der Waals surface area (Å²) in [5, 5.41) is 0. The second kappa shape index (κ2) is 2.53. The standard InChI is InChI=1S/C7H10N4S/c1-11-2-4-5(3-11)9-7(12)10-6(4)8/h2-3H2,1H3,(H3,8,9,10,12). The molecule has 1 aliphatic heterocycles. The smallest absolute Gasteiger partial charge is 0.199 e. The molecular formula is C7H10N4S. The molecular weight excluding hydrogens is 172 g/mol. The van der Waals surface area contributed by atoms with E-state index in [4.69, 9.17) is 18.0 Å². The Balaban J connectivity index is 2.60. The van der Waals surface area contributed by atoms with E-state index in [9.17, 15) is 0 Å². The number of fused-ring (bicyclic) bond motifs is 1. The van der Waals surface area contributed by atoms with Crippen LogP contribution in [0.3, 0.4) is 0 Å². The van der Waals surface area contributed by atoms with E-state index in [0.29, 0.717) is 10.6 Å². The molecule has 4 nitrogen and oxygen atoms in total. The number of H-pyrrole nitrogens is 1.